The first-order valence-corrected chi connectivity index (χ1v) is 34.5. The van der Waals surface area contributed by atoms with Crippen molar-refractivity contribution in [2.24, 2.45) is 0 Å². The highest BCUT2D eigenvalue weighted by Gasteiger charge is 2.51. The molecule has 0 aromatic rings. The number of hydrogen-bond acceptors (Lipinski definition) is 13. The lowest BCUT2D eigenvalue weighted by Crippen LogP contribution is -2.65. The Balaban J connectivity index is 1.49. The van der Waals surface area contributed by atoms with E-state index in [9.17, 15) is 45.6 Å². The summed E-state index contributed by atoms with van der Waals surface area (Å²) in [4.78, 5) is 13.2. The summed E-state index contributed by atoms with van der Waals surface area (Å²) >= 11 is 0. The Kier molecular flexibility index (Phi) is 50.8. The standard InChI is InChI=1S/C70H127NO13/c1-3-5-7-9-11-13-14-15-16-17-18-19-20-21-22-23-24-25-26-27-28-29-30-31-32-33-34-35-36-37-38-39-40-41-42-43-44-46-48-50-52-54-62(75)71-58(59(74)53-51-49-47-45-12-10-8-6-4-2)57-81-69-67(80)65(78)68(61(56-73)83-69)84-70-66(79)64(77)63(76)60(55-72)82-70/h5,7,11,13,15-16,18-19,51,53,58-61,63-70,72-74,76-80H,3-4,6,8-10,12,14,17,20-50,52,54-57H2,1-2H3,(H,71,75)/b7-5-,13-11-,16-15-,19-18-,53-51+. The van der Waals surface area contributed by atoms with Crippen molar-refractivity contribution in [2.75, 3.05) is 19.8 Å². The molecule has 0 aliphatic carbocycles. The summed E-state index contributed by atoms with van der Waals surface area (Å²) in [7, 11) is 0. The van der Waals surface area contributed by atoms with Crippen LogP contribution in [0.15, 0.2) is 60.8 Å². The zero-order valence-corrected chi connectivity index (χ0v) is 53.1. The van der Waals surface area contributed by atoms with Crippen LogP contribution in [0.4, 0.5) is 0 Å². The molecular formula is C70H127NO13. The average molecular weight is 1190 g/mol. The van der Waals surface area contributed by atoms with Gasteiger partial charge in [-0.15, -0.1) is 0 Å². The number of unbranched alkanes of at least 4 members (excludes halogenated alkanes) is 35. The van der Waals surface area contributed by atoms with Gasteiger partial charge in [0.05, 0.1) is 32.0 Å². The highest BCUT2D eigenvalue weighted by atomic mass is 16.7. The van der Waals surface area contributed by atoms with Crippen molar-refractivity contribution in [3.05, 3.63) is 60.8 Å². The first kappa shape index (κ1) is 77.8. The van der Waals surface area contributed by atoms with Gasteiger partial charge in [-0.1, -0.05) is 280 Å². The molecule has 0 aromatic carbocycles. The molecule has 1 amide bonds. The normalized spacial score (nSPS) is 24.0. The number of carbonyl (C=O) groups is 1. The Labute approximate surface area is 511 Å². The van der Waals surface area contributed by atoms with Crippen molar-refractivity contribution in [1.82, 2.24) is 5.32 Å². The molecule has 0 spiro atoms. The quantitative estimate of drug-likeness (QED) is 0.0204. The summed E-state index contributed by atoms with van der Waals surface area (Å²) < 4.78 is 22.7. The van der Waals surface area contributed by atoms with Gasteiger partial charge in [0.25, 0.3) is 0 Å². The Morgan fingerprint density at radius 3 is 1.26 bits per heavy atom. The molecule has 490 valence electrons. The van der Waals surface area contributed by atoms with E-state index in [0.29, 0.717) is 6.42 Å². The fraction of sp³-hybridized carbons (Fsp3) is 0.843. The summed E-state index contributed by atoms with van der Waals surface area (Å²) in [5.41, 5.74) is 0. The number of rotatable bonds is 56. The molecule has 2 aliphatic rings. The molecule has 9 N–H and O–H groups in total. The molecule has 12 unspecified atom stereocenters. The van der Waals surface area contributed by atoms with E-state index in [0.717, 1.165) is 64.2 Å². The first-order valence-electron chi connectivity index (χ1n) is 34.5. The van der Waals surface area contributed by atoms with Crippen molar-refractivity contribution < 1.29 is 64.6 Å². The molecule has 0 aromatic heterocycles. The Bertz CT molecular complexity index is 1640. The number of aliphatic hydroxyl groups excluding tert-OH is 8. The molecule has 0 radical (unpaired) electrons. The third kappa shape index (κ3) is 38.9. The third-order valence-electron chi connectivity index (χ3n) is 16.7. The van der Waals surface area contributed by atoms with Crippen molar-refractivity contribution in [2.45, 2.75) is 357 Å². The number of aliphatic hydroxyl groups is 8. The summed E-state index contributed by atoms with van der Waals surface area (Å²) in [6.07, 6.45) is 56.3. The van der Waals surface area contributed by atoms with Crippen LogP contribution in [0.5, 0.6) is 0 Å². The number of ether oxygens (including phenoxy) is 4. The van der Waals surface area contributed by atoms with E-state index in [1.165, 1.54) is 193 Å². The molecule has 12 atom stereocenters. The Morgan fingerprint density at radius 1 is 0.440 bits per heavy atom. The molecule has 2 heterocycles. The van der Waals surface area contributed by atoms with Crippen LogP contribution in [0.2, 0.25) is 0 Å². The zero-order valence-electron chi connectivity index (χ0n) is 53.1. The zero-order chi connectivity index (χ0) is 60.9. The van der Waals surface area contributed by atoms with Gasteiger partial charge in [-0.05, 0) is 57.8 Å². The number of carbonyl (C=O) groups excluding carboxylic acids is 1. The van der Waals surface area contributed by atoms with Crippen LogP contribution >= 0.6 is 0 Å². The number of amides is 1. The molecule has 84 heavy (non-hydrogen) atoms. The van der Waals surface area contributed by atoms with Crippen LogP contribution in [-0.2, 0) is 23.7 Å². The second kappa shape index (κ2) is 54.8. The van der Waals surface area contributed by atoms with Gasteiger partial charge in [0.1, 0.15) is 48.8 Å². The van der Waals surface area contributed by atoms with E-state index in [2.05, 4.69) is 67.8 Å². The minimum absolute atomic E-state index is 0.238. The summed E-state index contributed by atoms with van der Waals surface area (Å²) in [5.74, 6) is -0.238. The first-order chi connectivity index (χ1) is 41.1. The lowest BCUT2D eigenvalue weighted by Gasteiger charge is -2.46. The van der Waals surface area contributed by atoms with E-state index in [1.807, 2.05) is 6.08 Å². The second-order valence-electron chi connectivity index (χ2n) is 24.3. The van der Waals surface area contributed by atoms with Crippen molar-refractivity contribution >= 4 is 5.91 Å². The molecule has 14 nitrogen and oxygen atoms in total. The lowest BCUT2D eigenvalue weighted by molar-refractivity contribution is -0.359. The molecule has 2 rings (SSSR count). The van der Waals surface area contributed by atoms with Gasteiger partial charge < -0.3 is 65.1 Å². The van der Waals surface area contributed by atoms with Gasteiger partial charge in [-0.3, -0.25) is 4.79 Å². The smallest absolute Gasteiger partial charge is 0.220 e. The minimum Gasteiger partial charge on any atom is -0.394 e. The van der Waals surface area contributed by atoms with E-state index in [1.54, 1.807) is 6.08 Å². The monoisotopic (exact) mass is 1190 g/mol. The molecule has 0 saturated carbocycles. The fourth-order valence-electron chi connectivity index (χ4n) is 11.2. The van der Waals surface area contributed by atoms with Crippen molar-refractivity contribution in [3.8, 4) is 0 Å². The topological polar surface area (TPSA) is 228 Å². The lowest BCUT2D eigenvalue weighted by atomic mass is 9.97. The summed E-state index contributed by atoms with van der Waals surface area (Å²) in [6, 6.07) is -0.911. The van der Waals surface area contributed by atoms with Gasteiger partial charge in [-0.2, -0.15) is 0 Å². The number of allylic oxidation sites excluding steroid dienone is 9. The van der Waals surface area contributed by atoms with Crippen molar-refractivity contribution in [3.63, 3.8) is 0 Å². The Hall–Kier alpha value is -2.31. The van der Waals surface area contributed by atoms with Gasteiger partial charge in [0.2, 0.25) is 5.91 Å². The minimum atomic E-state index is -1.79. The van der Waals surface area contributed by atoms with Gasteiger partial charge in [0.15, 0.2) is 12.6 Å². The maximum atomic E-state index is 13.2. The van der Waals surface area contributed by atoms with Crippen LogP contribution in [0, 0.1) is 0 Å². The predicted octanol–water partition coefficient (Wildman–Crippen LogP) is 13.7. The van der Waals surface area contributed by atoms with Crippen LogP contribution in [0.3, 0.4) is 0 Å². The average Bonchev–Trinajstić information content (AvgIpc) is 2.28. The molecule has 2 saturated heterocycles. The number of nitrogens with one attached hydrogen (secondary N) is 1. The third-order valence-corrected chi connectivity index (χ3v) is 16.7. The van der Waals surface area contributed by atoms with Crippen LogP contribution in [0.25, 0.3) is 0 Å². The Morgan fingerprint density at radius 2 is 0.821 bits per heavy atom. The van der Waals surface area contributed by atoms with E-state index in [-0.39, 0.29) is 18.9 Å². The summed E-state index contributed by atoms with van der Waals surface area (Å²) in [6.45, 7) is 2.66. The molecule has 2 aliphatic heterocycles. The molecule has 14 heteroatoms. The van der Waals surface area contributed by atoms with Gasteiger partial charge in [0, 0.05) is 6.42 Å². The largest absolute Gasteiger partial charge is 0.394 e. The summed E-state index contributed by atoms with van der Waals surface area (Å²) in [5, 5.41) is 86.9. The molecule has 0 bridgehead atoms. The van der Waals surface area contributed by atoms with Crippen LogP contribution in [-0.4, -0.2) is 140 Å². The van der Waals surface area contributed by atoms with Gasteiger partial charge in [-0.25, -0.2) is 0 Å². The maximum absolute atomic E-state index is 13.2. The highest BCUT2D eigenvalue weighted by molar-refractivity contribution is 5.76. The fourth-order valence-corrected chi connectivity index (χ4v) is 11.2. The van der Waals surface area contributed by atoms with Crippen LogP contribution < -0.4 is 5.32 Å². The van der Waals surface area contributed by atoms with Gasteiger partial charge >= 0.3 is 0 Å². The second-order valence-corrected chi connectivity index (χ2v) is 24.3. The van der Waals surface area contributed by atoms with E-state index >= 15 is 0 Å². The SMILES string of the molecule is CC/C=C\C/C=C\C/C=C\C/C=C\CCCCCCCCCCCCCCCCCCCCCCCCCCCCCCC(=O)NC(COC1OC(CO)C(OC2OC(CO)C(O)C(O)C2O)C(O)C1O)C(O)/C=C/CCCCCCCCC. The van der Waals surface area contributed by atoms with Crippen LogP contribution in [0.1, 0.15) is 284 Å². The highest BCUT2D eigenvalue weighted by Crippen LogP contribution is 2.30. The molecule has 2 fully saturated rings. The molecular weight excluding hydrogens is 1060 g/mol. The van der Waals surface area contributed by atoms with E-state index < -0.39 is 86.8 Å². The predicted molar refractivity (Wildman–Crippen MR) is 341 cm³/mol. The number of hydrogen-bond donors (Lipinski definition) is 9. The van der Waals surface area contributed by atoms with Crippen molar-refractivity contribution in [1.29, 1.82) is 0 Å². The maximum Gasteiger partial charge on any atom is 0.220 e. The van der Waals surface area contributed by atoms with E-state index in [4.69, 9.17) is 18.9 Å².